The third kappa shape index (κ3) is 7.39. The molecule has 1 amide bonds. The van der Waals surface area contributed by atoms with Gasteiger partial charge in [-0.05, 0) is 38.1 Å². The van der Waals surface area contributed by atoms with Crippen molar-refractivity contribution in [3.8, 4) is 0 Å². The highest BCUT2D eigenvalue weighted by atomic mass is 31.2. The van der Waals surface area contributed by atoms with Crippen molar-refractivity contribution in [3.63, 3.8) is 0 Å². The van der Waals surface area contributed by atoms with Crippen molar-refractivity contribution in [1.82, 2.24) is 9.99 Å². The molecule has 0 aliphatic carbocycles. The van der Waals surface area contributed by atoms with Gasteiger partial charge < -0.3 is 15.3 Å². The Morgan fingerprint density at radius 2 is 1.77 bits per heavy atom. The molecule has 0 spiro atoms. The minimum atomic E-state index is -4.08. The minimum Gasteiger partial charge on any atom is -0.480 e. The van der Waals surface area contributed by atoms with Crippen LogP contribution in [0.1, 0.15) is 27.9 Å². The van der Waals surface area contributed by atoms with Crippen LogP contribution in [0.3, 0.4) is 0 Å². The van der Waals surface area contributed by atoms with Crippen LogP contribution in [0.2, 0.25) is 0 Å². The second-order valence-corrected chi connectivity index (χ2v) is 8.88. The zero-order valence-electron chi connectivity index (χ0n) is 17.0. The highest BCUT2D eigenvalue weighted by Gasteiger charge is 2.28. The third-order valence-corrected chi connectivity index (χ3v) is 6.16. The van der Waals surface area contributed by atoms with Crippen LogP contribution in [0.25, 0.3) is 0 Å². The molecule has 0 aliphatic heterocycles. The first kappa shape index (κ1) is 23.8. The van der Waals surface area contributed by atoms with Gasteiger partial charge in [-0.15, -0.1) is 0 Å². The number of likely N-dealkylation sites (N-methyl/N-ethyl adjacent to an activating group) is 1. The Bertz CT molecular complexity index is 888. The fourth-order valence-corrected chi connectivity index (χ4v) is 3.55. The van der Waals surface area contributed by atoms with E-state index in [0.29, 0.717) is 18.5 Å². The molecule has 2 rings (SSSR count). The Hall–Kier alpha value is -2.51. The first-order chi connectivity index (χ1) is 14.2. The number of nitrogens with zero attached hydrogens (tertiary/aromatic N) is 1. The molecule has 0 aliphatic rings. The summed E-state index contributed by atoms with van der Waals surface area (Å²) in [6, 6.07) is 15.0. The van der Waals surface area contributed by atoms with E-state index in [0.717, 1.165) is 11.1 Å². The molecule has 0 bridgehead atoms. The molecule has 0 radical (unpaired) electrons. The summed E-state index contributed by atoms with van der Waals surface area (Å²) in [5.41, 5.74) is 2.33. The number of carboxylic acids is 1. The van der Waals surface area contributed by atoms with Crippen LogP contribution < -0.4 is 5.32 Å². The summed E-state index contributed by atoms with van der Waals surface area (Å²) in [6.45, 7) is 1.88. The van der Waals surface area contributed by atoms with Crippen molar-refractivity contribution in [1.29, 1.82) is 0 Å². The van der Waals surface area contributed by atoms with Gasteiger partial charge in [0.15, 0.2) is 0 Å². The second kappa shape index (κ2) is 11.0. The van der Waals surface area contributed by atoms with Gasteiger partial charge in [-0.2, -0.15) is 0 Å². The van der Waals surface area contributed by atoms with Crippen LogP contribution in [-0.2, 0) is 20.3 Å². The molecule has 9 heteroatoms. The lowest BCUT2D eigenvalue weighted by atomic mass is 10.1. The number of amides is 1. The van der Waals surface area contributed by atoms with E-state index in [4.69, 9.17) is 4.52 Å². The summed E-state index contributed by atoms with van der Waals surface area (Å²) in [7, 11) is -2.61. The van der Waals surface area contributed by atoms with Gasteiger partial charge in [-0.1, -0.05) is 48.0 Å². The molecular weight excluding hydrogens is 407 g/mol. The number of hydrogen-bond donors (Lipinski definition) is 3. The Labute approximate surface area is 176 Å². The van der Waals surface area contributed by atoms with Gasteiger partial charge >= 0.3 is 13.7 Å². The summed E-state index contributed by atoms with van der Waals surface area (Å²) in [5.74, 6) is -1.78. The van der Waals surface area contributed by atoms with Crippen molar-refractivity contribution in [3.05, 3.63) is 71.3 Å². The number of carboxylic acid groups (broad SMARTS) is 1. The number of aliphatic carboxylic acids is 1. The van der Waals surface area contributed by atoms with Gasteiger partial charge in [0.25, 0.3) is 5.91 Å². The highest BCUT2D eigenvalue weighted by molar-refractivity contribution is 7.50. The molecule has 0 aromatic heterocycles. The molecule has 2 atom stereocenters. The summed E-state index contributed by atoms with van der Waals surface area (Å²) in [5, 5.41) is 11.8. The van der Waals surface area contributed by atoms with Crippen LogP contribution in [0.4, 0.5) is 0 Å². The molecule has 8 nitrogen and oxygen atoms in total. The molecule has 0 heterocycles. The van der Waals surface area contributed by atoms with E-state index in [2.05, 4.69) is 5.32 Å². The molecule has 0 fully saturated rings. The summed E-state index contributed by atoms with van der Waals surface area (Å²) >= 11 is 0. The molecule has 0 saturated carbocycles. The van der Waals surface area contributed by atoms with E-state index >= 15 is 0 Å². The standard InChI is InChI=1S/C21H27N2O6P/c1-16-8-10-18(11-9-16)20(24)22-19(21(25)26)13-15-29-30(27,28)23(2)14-12-17-6-4-3-5-7-17/h3-11,19H,12-15H2,1-2H3,(H,22,24)(H,25,26)(H,27,28)/t19-/m0/s1. The van der Waals surface area contributed by atoms with Crippen molar-refractivity contribution in [2.75, 3.05) is 20.2 Å². The van der Waals surface area contributed by atoms with Gasteiger partial charge in [-0.25, -0.2) is 14.0 Å². The third-order valence-electron chi connectivity index (χ3n) is 4.58. The number of nitrogens with one attached hydrogen (secondary N) is 1. The van der Waals surface area contributed by atoms with Crippen molar-refractivity contribution in [2.45, 2.75) is 25.8 Å². The number of carbonyl (C=O) groups is 2. The predicted octanol–water partition coefficient (Wildman–Crippen LogP) is 2.86. The Kier molecular flexibility index (Phi) is 8.74. The molecule has 0 saturated heterocycles. The molecule has 162 valence electrons. The van der Waals surface area contributed by atoms with Crippen LogP contribution >= 0.6 is 7.75 Å². The maximum Gasteiger partial charge on any atom is 0.405 e. The summed E-state index contributed by atoms with van der Waals surface area (Å²) in [6.07, 6.45) is 0.416. The molecule has 1 unspecified atom stereocenters. The van der Waals surface area contributed by atoms with Crippen LogP contribution in [-0.4, -0.2) is 52.8 Å². The Morgan fingerprint density at radius 1 is 1.13 bits per heavy atom. The topological polar surface area (TPSA) is 116 Å². The van der Waals surface area contributed by atoms with E-state index in [1.807, 2.05) is 37.3 Å². The monoisotopic (exact) mass is 434 g/mol. The van der Waals surface area contributed by atoms with E-state index in [1.54, 1.807) is 24.3 Å². The number of hydrogen-bond acceptors (Lipinski definition) is 4. The predicted molar refractivity (Wildman–Crippen MR) is 113 cm³/mol. The number of carbonyl (C=O) groups excluding carboxylic acids is 1. The van der Waals surface area contributed by atoms with Crippen molar-refractivity contribution < 1.29 is 28.7 Å². The van der Waals surface area contributed by atoms with Crippen molar-refractivity contribution >= 4 is 19.6 Å². The highest BCUT2D eigenvalue weighted by Crippen LogP contribution is 2.45. The van der Waals surface area contributed by atoms with Crippen LogP contribution in [0.5, 0.6) is 0 Å². The first-order valence-electron chi connectivity index (χ1n) is 9.52. The van der Waals surface area contributed by atoms with Crippen LogP contribution in [0, 0.1) is 6.92 Å². The van der Waals surface area contributed by atoms with Gasteiger partial charge in [0.2, 0.25) is 0 Å². The van der Waals surface area contributed by atoms with E-state index in [9.17, 15) is 24.2 Å². The van der Waals surface area contributed by atoms with Crippen molar-refractivity contribution in [2.24, 2.45) is 0 Å². The summed E-state index contributed by atoms with van der Waals surface area (Å²) in [4.78, 5) is 33.8. The molecule has 3 N–H and O–H groups in total. The number of rotatable bonds is 11. The van der Waals surface area contributed by atoms with Gasteiger partial charge in [0.05, 0.1) is 6.61 Å². The maximum atomic E-state index is 12.4. The van der Waals surface area contributed by atoms with E-state index < -0.39 is 25.7 Å². The lowest BCUT2D eigenvalue weighted by molar-refractivity contribution is -0.139. The Balaban J connectivity index is 1.84. The fraction of sp³-hybridized carbons (Fsp3) is 0.333. The smallest absolute Gasteiger partial charge is 0.405 e. The average molecular weight is 434 g/mol. The maximum absolute atomic E-state index is 12.4. The zero-order valence-corrected chi connectivity index (χ0v) is 17.9. The largest absolute Gasteiger partial charge is 0.480 e. The molecule has 2 aromatic carbocycles. The van der Waals surface area contributed by atoms with Crippen LogP contribution in [0.15, 0.2) is 54.6 Å². The number of aryl methyl sites for hydroxylation is 1. The van der Waals surface area contributed by atoms with E-state index in [-0.39, 0.29) is 13.0 Å². The molecule has 30 heavy (non-hydrogen) atoms. The molecule has 2 aromatic rings. The normalized spacial score (nSPS) is 14.1. The number of benzene rings is 2. The fourth-order valence-electron chi connectivity index (χ4n) is 2.65. The van der Waals surface area contributed by atoms with Gasteiger partial charge in [0, 0.05) is 18.5 Å². The average Bonchev–Trinajstić information content (AvgIpc) is 2.72. The zero-order chi connectivity index (χ0) is 22.1. The quantitative estimate of drug-likeness (QED) is 0.466. The SMILES string of the molecule is Cc1ccc(C(=O)N[C@@H](CCOP(=O)(O)N(C)CCc2ccccc2)C(=O)O)cc1. The Morgan fingerprint density at radius 3 is 2.37 bits per heavy atom. The van der Waals surface area contributed by atoms with Gasteiger partial charge in [0.1, 0.15) is 6.04 Å². The second-order valence-electron chi connectivity index (χ2n) is 6.96. The summed E-state index contributed by atoms with van der Waals surface area (Å²) < 4.78 is 18.7. The lowest BCUT2D eigenvalue weighted by Gasteiger charge is -2.23. The van der Waals surface area contributed by atoms with Gasteiger partial charge in [-0.3, -0.25) is 9.32 Å². The lowest BCUT2D eigenvalue weighted by Crippen LogP contribution is -2.41. The van der Waals surface area contributed by atoms with E-state index in [1.165, 1.54) is 11.7 Å². The first-order valence-corrected chi connectivity index (χ1v) is 11.1. The molecular formula is C21H27N2O6P. The minimum absolute atomic E-state index is 0.149.